The highest BCUT2D eigenvalue weighted by molar-refractivity contribution is 5.67. The first-order chi connectivity index (χ1) is 6.00. The van der Waals surface area contributed by atoms with E-state index in [-0.39, 0.29) is 12.5 Å². The van der Waals surface area contributed by atoms with Crippen LogP contribution in [-0.4, -0.2) is 60.1 Å². The summed E-state index contributed by atoms with van der Waals surface area (Å²) in [4.78, 5) is 14.9. The lowest BCUT2D eigenvalue weighted by Gasteiger charge is -2.41. The summed E-state index contributed by atoms with van der Waals surface area (Å²) in [5.41, 5.74) is 0. The number of rotatable bonds is 2. The van der Waals surface area contributed by atoms with Crippen molar-refractivity contribution in [3.05, 3.63) is 0 Å². The monoisotopic (exact) mass is 186 g/mol. The minimum Gasteiger partial charge on any atom is -0.481 e. The smallest absolute Gasteiger partial charge is 0.304 e. The minimum absolute atomic E-state index is 0.159. The summed E-state index contributed by atoms with van der Waals surface area (Å²) >= 11 is 0. The third-order valence-electron chi connectivity index (χ3n) is 2.78. The average Bonchev–Trinajstić information content (AvgIpc) is 1.98. The second kappa shape index (κ2) is 4.07. The summed E-state index contributed by atoms with van der Waals surface area (Å²) in [6.45, 7) is 4.00. The number of aliphatic carboxylic acids is 1. The Morgan fingerprint density at radius 1 is 1.46 bits per heavy atom. The fourth-order valence-corrected chi connectivity index (χ4v) is 1.91. The van der Waals surface area contributed by atoms with Gasteiger partial charge in [-0.2, -0.15) is 0 Å². The summed E-state index contributed by atoms with van der Waals surface area (Å²) in [5.74, 6) is -0.709. The van der Waals surface area contributed by atoms with Crippen LogP contribution >= 0.6 is 0 Å². The van der Waals surface area contributed by atoms with Gasteiger partial charge in [0.1, 0.15) is 0 Å². The fraction of sp³-hybridized carbons (Fsp3) is 0.889. The average molecular weight is 186 g/mol. The van der Waals surface area contributed by atoms with Gasteiger partial charge in [0.2, 0.25) is 0 Å². The van der Waals surface area contributed by atoms with E-state index in [9.17, 15) is 4.79 Å². The molecule has 1 fully saturated rings. The van der Waals surface area contributed by atoms with Gasteiger partial charge in [0.05, 0.1) is 6.42 Å². The molecule has 1 saturated heterocycles. The summed E-state index contributed by atoms with van der Waals surface area (Å²) in [6.07, 6.45) is 0.241. The fourth-order valence-electron chi connectivity index (χ4n) is 1.91. The van der Waals surface area contributed by atoms with E-state index in [4.69, 9.17) is 5.11 Å². The number of piperazine rings is 1. The SMILES string of the molecule is C[C@H]1CN(C)C[C@H](CC(=O)O)N1C. The van der Waals surface area contributed by atoms with Gasteiger partial charge < -0.3 is 10.0 Å². The number of carbonyl (C=O) groups is 1. The van der Waals surface area contributed by atoms with Gasteiger partial charge in [-0.25, -0.2) is 0 Å². The third kappa shape index (κ3) is 2.67. The van der Waals surface area contributed by atoms with Crippen LogP contribution in [0, 0.1) is 0 Å². The Kier molecular flexibility index (Phi) is 3.27. The lowest BCUT2D eigenvalue weighted by Crippen LogP contribution is -2.55. The zero-order chi connectivity index (χ0) is 10.0. The molecule has 0 unspecified atom stereocenters. The zero-order valence-electron chi connectivity index (χ0n) is 8.53. The molecule has 76 valence electrons. The van der Waals surface area contributed by atoms with Crippen LogP contribution in [-0.2, 0) is 4.79 Å². The Hall–Kier alpha value is -0.610. The highest BCUT2D eigenvalue weighted by atomic mass is 16.4. The van der Waals surface area contributed by atoms with E-state index in [0.717, 1.165) is 13.1 Å². The molecule has 1 aliphatic heterocycles. The largest absolute Gasteiger partial charge is 0.481 e. The van der Waals surface area contributed by atoms with Crippen molar-refractivity contribution in [3.8, 4) is 0 Å². The number of nitrogens with zero attached hydrogens (tertiary/aromatic N) is 2. The molecule has 13 heavy (non-hydrogen) atoms. The van der Waals surface area contributed by atoms with Crippen LogP contribution < -0.4 is 0 Å². The van der Waals surface area contributed by atoms with Crippen LogP contribution in [0.4, 0.5) is 0 Å². The molecule has 4 heteroatoms. The lowest BCUT2D eigenvalue weighted by atomic mass is 10.1. The molecule has 1 rings (SSSR count). The van der Waals surface area contributed by atoms with Gasteiger partial charge in [-0.3, -0.25) is 9.69 Å². The Balaban J connectivity index is 2.55. The van der Waals surface area contributed by atoms with Crippen LogP contribution in [0.1, 0.15) is 13.3 Å². The minimum atomic E-state index is -0.709. The quantitative estimate of drug-likeness (QED) is 0.664. The topological polar surface area (TPSA) is 43.8 Å². The van der Waals surface area contributed by atoms with Crippen LogP contribution in [0.25, 0.3) is 0 Å². The summed E-state index contributed by atoms with van der Waals surface area (Å²) in [7, 11) is 4.05. The van der Waals surface area contributed by atoms with E-state index >= 15 is 0 Å². The van der Waals surface area contributed by atoms with Gasteiger partial charge in [-0.1, -0.05) is 0 Å². The second-order valence-corrected chi connectivity index (χ2v) is 3.99. The molecule has 0 aromatic carbocycles. The van der Waals surface area contributed by atoms with Crippen molar-refractivity contribution in [3.63, 3.8) is 0 Å². The maximum absolute atomic E-state index is 10.6. The molecule has 0 aromatic rings. The zero-order valence-corrected chi connectivity index (χ0v) is 8.53. The Morgan fingerprint density at radius 3 is 2.62 bits per heavy atom. The molecular formula is C9H18N2O2. The second-order valence-electron chi connectivity index (χ2n) is 3.99. The van der Waals surface area contributed by atoms with Gasteiger partial charge in [0.15, 0.2) is 0 Å². The van der Waals surface area contributed by atoms with E-state index < -0.39 is 5.97 Å². The van der Waals surface area contributed by atoms with Gasteiger partial charge in [-0.15, -0.1) is 0 Å². The molecule has 0 saturated carbocycles. The Morgan fingerprint density at radius 2 is 2.08 bits per heavy atom. The molecule has 0 aromatic heterocycles. The third-order valence-corrected chi connectivity index (χ3v) is 2.78. The van der Waals surface area contributed by atoms with Crippen molar-refractivity contribution in [2.24, 2.45) is 0 Å². The van der Waals surface area contributed by atoms with Crippen molar-refractivity contribution in [1.82, 2.24) is 9.80 Å². The maximum atomic E-state index is 10.6. The standard InChI is InChI=1S/C9H18N2O2/c1-7-5-10(2)6-8(11(7)3)4-9(12)13/h7-8H,4-6H2,1-3H3,(H,12,13)/t7-,8-/m0/s1. The highest BCUT2D eigenvalue weighted by Crippen LogP contribution is 2.14. The van der Waals surface area contributed by atoms with E-state index in [1.807, 2.05) is 14.1 Å². The molecule has 0 aliphatic carbocycles. The number of carboxylic acids is 1. The van der Waals surface area contributed by atoms with E-state index in [1.165, 1.54) is 0 Å². The first-order valence-corrected chi connectivity index (χ1v) is 4.63. The molecule has 1 N–H and O–H groups in total. The van der Waals surface area contributed by atoms with E-state index in [2.05, 4.69) is 16.7 Å². The van der Waals surface area contributed by atoms with Gasteiger partial charge in [-0.05, 0) is 21.0 Å². The number of likely N-dealkylation sites (N-methyl/N-ethyl adjacent to an activating group) is 2. The lowest BCUT2D eigenvalue weighted by molar-refractivity contribution is -0.139. The van der Waals surface area contributed by atoms with Crippen LogP contribution in [0.3, 0.4) is 0 Å². The first kappa shape index (κ1) is 10.5. The van der Waals surface area contributed by atoms with Crippen LogP contribution in [0.2, 0.25) is 0 Å². The van der Waals surface area contributed by atoms with Crippen molar-refractivity contribution in [1.29, 1.82) is 0 Å². The number of carboxylic acid groups (broad SMARTS) is 1. The number of hydrogen-bond acceptors (Lipinski definition) is 3. The van der Waals surface area contributed by atoms with Crippen molar-refractivity contribution in [2.75, 3.05) is 27.2 Å². The molecule has 1 heterocycles. The highest BCUT2D eigenvalue weighted by Gasteiger charge is 2.28. The molecule has 0 bridgehead atoms. The summed E-state index contributed by atoms with van der Waals surface area (Å²) < 4.78 is 0. The molecule has 0 radical (unpaired) electrons. The molecule has 2 atom stereocenters. The van der Waals surface area contributed by atoms with Crippen LogP contribution in [0.15, 0.2) is 0 Å². The molecule has 4 nitrogen and oxygen atoms in total. The van der Waals surface area contributed by atoms with E-state index in [1.54, 1.807) is 0 Å². The van der Waals surface area contributed by atoms with Gasteiger partial charge >= 0.3 is 5.97 Å². The Labute approximate surface area is 79.1 Å². The molecule has 0 amide bonds. The first-order valence-electron chi connectivity index (χ1n) is 4.63. The molecular weight excluding hydrogens is 168 g/mol. The van der Waals surface area contributed by atoms with Gasteiger partial charge in [0, 0.05) is 25.2 Å². The van der Waals surface area contributed by atoms with Gasteiger partial charge in [0.25, 0.3) is 0 Å². The van der Waals surface area contributed by atoms with E-state index in [0.29, 0.717) is 6.04 Å². The maximum Gasteiger partial charge on any atom is 0.304 e. The normalized spacial score (nSPS) is 31.9. The predicted octanol–water partition coefficient (Wildman–Crippen LogP) is 0.0954. The van der Waals surface area contributed by atoms with Crippen molar-refractivity contribution < 1.29 is 9.90 Å². The molecule has 0 spiro atoms. The summed E-state index contributed by atoms with van der Waals surface area (Å²) in [5, 5.41) is 8.71. The summed E-state index contributed by atoms with van der Waals surface area (Å²) in [6, 6.07) is 0.606. The van der Waals surface area contributed by atoms with Crippen molar-refractivity contribution in [2.45, 2.75) is 25.4 Å². The van der Waals surface area contributed by atoms with Crippen LogP contribution in [0.5, 0.6) is 0 Å². The van der Waals surface area contributed by atoms with Crippen molar-refractivity contribution >= 4 is 5.97 Å². The molecule has 1 aliphatic rings. The Bertz CT molecular complexity index is 196. The number of hydrogen-bond donors (Lipinski definition) is 1. The predicted molar refractivity (Wildman–Crippen MR) is 50.8 cm³/mol.